The number of hydrogen-bond acceptors (Lipinski definition) is 9. The second-order valence-electron chi connectivity index (χ2n) is 8.35. The lowest BCUT2D eigenvalue weighted by atomic mass is 9.81. The Bertz CT molecular complexity index is 882. The van der Waals surface area contributed by atoms with Crippen molar-refractivity contribution >= 4 is 28.5 Å². The van der Waals surface area contributed by atoms with Crippen LogP contribution in [0.1, 0.15) is 6.42 Å². The molecule has 1 saturated carbocycles. The van der Waals surface area contributed by atoms with E-state index >= 15 is 0 Å². The minimum absolute atomic E-state index is 0.116. The maximum atomic E-state index is 12.9. The molecule has 0 aromatic heterocycles. The Morgan fingerprint density at radius 2 is 1.94 bits per heavy atom. The fraction of sp³-hybridized carbons (Fsp3) is 0.619. The second-order valence-corrected chi connectivity index (χ2v) is 9.52. The Hall–Kier alpha value is -2.06. The number of aliphatic hydroxyl groups is 2. The molecule has 2 fully saturated rings. The Labute approximate surface area is 198 Å². The highest BCUT2D eigenvalue weighted by atomic mass is 32.2. The highest BCUT2D eigenvalue weighted by Crippen LogP contribution is 2.41. The van der Waals surface area contributed by atoms with Gasteiger partial charge in [-0.25, -0.2) is 0 Å². The summed E-state index contributed by atoms with van der Waals surface area (Å²) in [4.78, 5) is 19.6. The smallest absolute Gasteiger partial charge is 0.406 e. The maximum absolute atomic E-state index is 12.9. The van der Waals surface area contributed by atoms with Crippen LogP contribution in [0, 0.1) is 5.92 Å². The van der Waals surface area contributed by atoms with E-state index in [4.69, 9.17) is 4.74 Å². The minimum atomic E-state index is -4.77. The van der Waals surface area contributed by atoms with Gasteiger partial charge < -0.3 is 30.3 Å². The van der Waals surface area contributed by atoms with Crippen LogP contribution in [-0.4, -0.2) is 95.4 Å². The molecule has 13 heteroatoms. The number of nitrogens with one attached hydrogen (secondary N) is 2. The zero-order chi connectivity index (χ0) is 24.3. The zero-order valence-electron chi connectivity index (χ0n) is 18.2. The molecule has 0 radical (unpaired) electrons. The summed E-state index contributed by atoms with van der Waals surface area (Å²) in [6.45, 7) is 4.15. The number of hydrogen-bond donors (Lipinski definition) is 4. The third-order valence-corrected chi connectivity index (χ3v) is 7.30. The highest BCUT2D eigenvalue weighted by Gasteiger charge is 2.50. The van der Waals surface area contributed by atoms with E-state index in [1.54, 1.807) is 0 Å². The van der Waals surface area contributed by atoms with Crippen molar-refractivity contribution in [3.8, 4) is 5.75 Å². The van der Waals surface area contributed by atoms with Crippen molar-refractivity contribution in [2.24, 2.45) is 10.9 Å². The average molecular weight is 505 g/mol. The Kier molecular flexibility index (Phi) is 7.87. The number of alkyl halides is 3. The van der Waals surface area contributed by atoms with E-state index in [0.717, 1.165) is 13.1 Å². The Balaban J connectivity index is 1.34. The SMILES string of the molecule is O=C(NCCN1CCOCC1)C1CC(O)C(O)C2N=C(Nc3ccc(OC(F)(F)F)cc3)SC12. The molecule has 0 bridgehead atoms. The highest BCUT2D eigenvalue weighted by molar-refractivity contribution is 8.15. The van der Waals surface area contributed by atoms with E-state index in [-0.39, 0.29) is 23.3 Å². The summed E-state index contributed by atoms with van der Waals surface area (Å²) in [6.07, 6.45) is -6.86. The van der Waals surface area contributed by atoms with Crippen LogP contribution in [0.4, 0.5) is 18.9 Å². The summed E-state index contributed by atoms with van der Waals surface area (Å²) < 4.78 is 46.2. The van der Waals surface area contributed by atoms with Crippen molar-refractivity contribution < 1.29 is 37.7 Å². The quantitative estimate of drug-likeness (QED) is 0.454. The third-order valence-electron chi connectivity index (χ3n) is 5.99. The molecule has 3 aliphatic rings. The fourth-order valence-electron chi connectivity index (χ4n) is 4.26. The monoisotopic (exact) mass is 504 g/mol. The maximum Gasteiger partial charge on any atom is 0.573 e. The van der Waals surface area contributed by atoms with Crippen molar-refractivity contribution in [1.29, 1.82) is 0 Å². The van der Waals surface area contributed by atoms with Crippen molar-refractivity contribution in [3.63, 3.8) is 0 Å². The van der Waals surface area contributed by atoms with Gasteiger partial charge in [-0.05, 0) is 30.7 Å². The van der Waals surface area contributed by atoms with Gasteiger partial charge in [-0.1, -0.05) is 11.8 Å². The van der Waals surface area contributed by atoms with Crippen molar-refractivity contribution in [1.82, 2.24) is 10.2 Å². The summed E-state index contributed by atoms with van der Waals surface area (Å²) in [7, 11) is 0. The van der Waals surface area contributed by atoms with Gasteiger partial charge in [0, 0.05) is 37.1 Å². The summed E-state index contributed by atoms with van der Waals surface area (Å²) in [5.41, 5.74) is 0.473. The van der Waals surface area contributed by atoms with Gasteiger partial charge in [0.1, 0.15) is 11.9 Å². The van der Waals surface area contributed by atoms with Gasteiger partial charge >= 0.3 is 6.36 Å². The Morgan fingerprint density at radius 3 is 2.62 bits per heavy atom. The average Bonchev–Trinajstić information content (AvgIpc) is 3.21. The van der Waals surface area contributed by atoms with Crippen LogP contribution < -0.4 is 15.4 Å². The number of morpholine rings is 1. The van der Waals surface area contributed by atoms with Crippen molar-refractivity contribution in [2.45, 2.75) is 36.3 Å². The predicted molar refractivity (Wildman–Crippen MR) is 120 cm³/mol. The topological polar surface area (TPSA) is 116 Å². The van der Waals surface area contributed by atoms with Gasteiger partial charge in [-0.3, -0.25) is 14.7 Å². The number of aliphatic hydroxyl groups excluding tert-OH is 2. The molecule has 1 aromatic carbocycles. The summed E-state index contributed by atoms with van der Waals surface area (Å²) in [5.74, 6) is -1.10. The molecule has 5 atom stereocenters. The number of halogens is 3. The molecule has 0 spiro atoms. The van der Waals surface area contributed by atoms with E-state index in [1.165, 1.54) is 36.0 Å². The van der Waals surface area contributed by atoms with Crippen LogP contribution in [0.3, 0.4) is 0 Å². The van der Waals surface area contributed by atoms with E-state index in [1.807, 2.05) is 0 Å². The fourth-order valence-corrected chi connectivity index (χ4v) is 5.64. The number of amidine groups is 1. The number of rotatable bonds is 6. The molecule has 1 aromatic rings. The van der Waals surface area contributed by atoms with Crippen LogP contribution in [0.25, 0.3) is 0 Å². The van der Waals surface area contributed by atoms with Crippen LogP contribution in [-0.2, 0) is 9.53 Å². The third kappa shape index (κ3) is 6.33. The predicted octanol–water partition coefficient (Wildman–Crippen LogP) is 1.03. The molecule has 1 amide bonds. The number of amides is 1. The number of nitrogens with zero attached hydrogens (tertiary/aromatic N) is 2. The summed E-state index contributed by atoms with van der Waals surface area (Å²) in [6, 6.07) is 4.48. The van der Waals surface area contributed by atoms with Gasteiger partial charge in [-0.15, -0.1) is 13.2 Å². The molecule has 2 aliphatic heterocycles. The molecule has 5 unspecified atom stereocenters. The van der Waals surface area contributed by atoms with E-state index in [0.29, 0.717) is 37.2 Å². The first-order valence-corrected chi connectivity index (χ1v) is 11.9. The van der Waals surface area contributed by atoms with Gasteiger partial charge in [0.2, 0.25) is 5.91 Å². The van der Waals surface area contributed by atoms with Gasteiger partial charge in [0.05, 0.1) is 31.3 Å². The van der Waals surface area contributed by atoms with Crippen LogP contribution in [0.15, 0.2) is 29.3 Å². The van der Waals surface area contributed by atoms with Crippen LogP contribution in [0.5, 0.6) is 5.75 Å². The van der Waals surface area contributed by atoms with Gasteiger partial charge in [-0.2, -0.15) is 0 Å². The molecule has 34 heavy (non-hydrogen) atoms. The number of thioether (sulfide) groups is 1. The number of carbonyl (C=O) groups excluding carboxylic acids is 1. The van der Waals surface area contributed by atoms with E-state index in [9.17, 15) is 28.2 Å². The number of fused-ring (bicyclic) bond motifs is 1. The number of ether oxygens (including phenoxy) is 2. The number of anilines is 1. The Morgan fingerprint density at radius 1 is 1.24 bits per heavy atom. The van der Waals surface area contributed by atoms with Crippen molar-refractivity contribution in [3.05, 3.63) is 24.3 Å². The number of benzene rings is 1. The lowest BCUT2D eigenvalue weighted by molar-refractivity contribution is -0.274. The number of aliphatic imine (C=N–C) groups is 1. The van der Waals surface area contributed by atoms with E-state index in [2.05, 4.69) is 25.3 Å². The molecule has 4 N–H and O–H groups in total. The molecule has 1 aliphatic carbocycles. The number of carbonyl (C=O) groups is 1. The summed E-state index contributed by atoms with van der Waals surface area (Å²) in [5, 5.41) is 26.7. The van der Waals surface area contributed by atoms with Crippen LogP contribution >= 0.6 is 11.8 Å². The standard InChI is InChI=1S/C21H27F3N4O5S/c22-21(23,24)33-13-3-1-12(2-4-13)26-20-27-16-17(30)15(29)11-14(18(16)34-20)19(31)25-5-6-28-7-9-32-10-8-28/h1-4,14-18,29-30H,5-11H2,(H,25,31)(H,26,27). The largest absolute Gasteiger partial charge is 0.573 e. The van der Waals surface area contributed by atoms with Crippen LogP contribution in [0.2, 0.25) is 0 Å². The molecule has 1 saturated heterocycles. The molecule has 4 rings (SSSR count). The molecular weight excluding hydrogens is 477 g/mol. The minimum Gasteiger partial charge on any atom is -0.406 e. The van der Waals surface area contributed by atoms with E-state index < -0.39 is 30.5 Å². The molecular formula is C21H27F3N4O5S. The first-order chi connectivity index (χ1) is 16.2. The van der Waals surface area contributed by atoms with Crippen molar-refractivity contribution in [2.75, 3.05) is 44.7 Å². The van der Waals surface area contributed by atoms with Gasteiger partial charge in [0.25, 0.3) is 0 Å². The zero-order valence-corrected chi connectivity index (χ0v) is 19.0. The normalized spacial score (nSPS) is 29.8. The lowest BCUT2D eigenvalue weighted by Crippen LogP contribution is -2.54. The van der Waals surface area contributed by atoms with Gasteiger partial charge in [0.15, 0.2) is 5.17 Å². The molecule has 2 heterocycles. The summed E-state index contributed by atoms with van der Waals surface area (Å²) >= 11 is 1.28. The lowest BCUT2D eigenvalue weighted by Gasteiger charge is -2.37. The molecule has 188 valence electrons. The molecule has 9 nitrogen and oxygen atoms in total. The second kappa shape index (κ2) is 10.7. The first-order valence-electron chi connectivity index (χ1n) is 11.0. The first kappa shape index (κ1) is 25.0.